The Hall–Kier alpha value is -2.69. The minimum absolute atomic E-state index is 0.0786. The number of anilines is 1. The van der Waals surface area contributed by atoms with Gasteiger partial charge in [-0.1, -0.05) is 25.1 Å². The van der Waals surface area contributed by atoms with Gasteiger partial charge in [-0.15, -0.1) is 0 Å². The predicted octanol–water partition coefficient (Wildman–Crippen LogP) is 2.32. The predicted molar refractivity (Wildman–Crippen MR) is 85.8 cm³/mol. The zero-order valence-corrected chi connectivity index (χ0v) is 12.7. The molecule has 2 N–H and O–H groups in total. The summed E-state index contributed by atoms with van der Waals surface area (Å²) in [6.07, 6.45) is 2.33. The summed E-state index contributed by atoms with van der Waals surface area (Å²) in [5.74, 6) is -0.569. The summed E-state index contributed by atoms with van der Waals surface area (Å²) in [4.78, 5) is 27.9. The Labute approximate surface area is 129 Å². The fourth-order valence-electron chi connectivity index (χ4n) is 2.01. The number of aryl methyl sites for hydroxylation is 2. The SMILES string of the molecule is CCc1ccccc1NC(=O)CNC(=O)c1ccc(C)nc1. The number of para-hydroxylation sites is 1. The van der Waals surface area contributed by atoms with E-state index in [9.17, 15) is 9.59 Å². The van der Waals surface area contributed by atoms with Crippen LogP contribution in [0, 0.1) is 6.92 Å². The molecule has 114 valence electrons. The molecule has 1 heterocycles. The average Bonchev–Trinajstić information content (AvgIpc) is 2.54. The van der Waals surface area contributed by atoms with Crippen LogP contribution in [0.15, 0.2) is 42.6 Å². The van der Waals surface area contributed by atoms with E-state index in [-0.39, 0.29) is 18.4 Å². The highest BCUT2D eigenvalue weighted by atomic mass is 16.2. The van der Waals surface area contributed by atoms with E-state index in [0.717, 1.165) is 23.4 Å². The van der Waals surface area contributed by atoms with E-state index in [0.29, 0.717) is 5.56 Å². The third kappa shape index (κ3) is 4.15. The minimum atomic E-state index is -0.313. The topological polar surface area (TPSA) is 71.1 Å². The summed E-state index contributed by atoms with van der Waals surface area (Å²) in [5, 5.41) is 5.39. The van der Waals surface area contributed by atoms with E-state index < -0.39 is 0 Å². The quantitative estimate of drug-likeness (QED) is 0.889. The molecule has 0 fully saturated rings. The Morgan fingerprint density at radius 3 is 2.59 bits per heavy atom. The second-order valence-corrected chi connectivity index (χ2v) is 4.93. The van der Waals surface area contributed by atoms with E-state index in [1.165, 1.54) is 6.20 Å². The van der Waals surface area contributed by atoms with Crippen molar-refractivity contribution in [3.63, 3.8) is 0 Å². The largest absolute Gasteiger partial charge is 0.343 e. The fraction of sp³-hybridized carbons (Fsp3) is 0.235. The zero-order chi connectivity index (χ0) is 15.9. The minimum Gasteiger partial charge on any atom is -0.343 e. The van der Waals surface area contributed by atoms with Crippen molar-refractivity contribution >= 4 is 17.5 Å². The first-order valence-electron chi connectivity index (χ1n) is 7.18. The molecule has 0 atom stereocenters. The van der Waals surface area contributed by atoms with Crippen LogP contribution >= 0.6 is 0 Å². The highest BCUT2D eigenvalue weighted by Crippen LogP contribution is 2.14. The molecule has 5 nitrogen and oxygen atoms in total. The lowest BCUT2D eigenvalue weighted by molar-refractivity contribution is -0.115. The molecular formula is C17H19N3O2. The van der Waals surface area contributed by atoms with E-state index in [1.54, 1.807) is 12.1 Å². The number of amides is 2. The molecule has 1 aromatic heterocycles. The van der Waals surface area contributed by atoms with Crippen molar-refractivity contribution < 1.29 is 9.59 Å². The van der Waals surface area contributed by atoms with Gasteiger partial charge in [-0.2, -0.15) is 0 Å². The molecule has 2 rings (SSSR count). The van der Waals surface area contributed by atoms with Crippen LogP contribution in [0.2, 0.25) is 0 Å². The third-order valence-electron chi connectivity index (χ3n) is 3.26. The van der Waals surface area contributed by atoms with Crippen LogP contribution in [0.25, 0.3) is 0 Å². The van der Waals surface area contributed by atoms with Gasteiger partial charge in [0.1, 0.15) is 0 Å². The van der Waals surface area contributed by atoms with Gasteiger partial charge in [-0.25, -0.2) is 0 Å². The summed E-state index contributed by atoms with van der Waals surface area (Å²) in [7, 11) is 0. The van der Waals surface area contributed by atoms with Gasteiger partial charge in [-0.3, -0.25) is 14.6 Å². The van der Waals surface area contributed by atoms with Gasteiger partial charge in [0.05, 0.1) is 12.1 Å². The lowest BCUT2D eigenvalue weighted by atomic mass is 10.1. The first kappa shape index (κ1) is 15.7. The van der Waals surface area contributed by atoms with Crippen LogP contribution in [0.3, 0.4) is 0 Å². The van der Waals surface area contributed by atoms with E-state index in [4.69, 9.17) is 0 Å². The smallest absolute Gasteiger partial charge is 0.253 e. The van der Waals surface area contributed by atoms with Gasteiger partial charge in [0.2, 0.25) is 5.91 Å². The number of aromatic nitrogens is 1. The van der Waals surface area contributed by atoms with Crippen LogP contribution < -0.4 is 10.6 Å². The highest BCUT2D eigenvalue weighted by Gasteiger charge is 2.09. The molecule has 2 amide bonds. The van der Waals surface area contributed by atoms with Crippen molar-refractivity contribution in [2.45, 2.75) is 20.3 Å². The molecule has 0 spiro atoms. The molecule has 1 aromatic carbocycles. The van der Waals surface area contributed by atoms with Crippen LogP contribution in [-0.2, 0) is 11.2 Å². The Morgan fingerprint density at radius 1 is 1.14 bits per heavy atom. The zero-order valence-electron chi connectivity index (χ0n) is 12.7. The Balaban J connectivity index is 1.90. The molecule has 0 unspecified atom stereocenters. The second-order valence-electron chi connectivity index (χ2n) is 4.93. The number of hydrogen-bond donors (Lipinski definition) is 2. The van der Waals surface area contributed by atoms with E-state index in [1.807, 2.05) is 38.1 Å². The first-order valence-corrected chi connectivity index (χ1v) is 7.18. The first-order chi connectivity index (χ1) is 10.6. The Bertz CT molecular complexity index is 666. The normalized spacial score (nSPS) is 10.1. The number of carbonyl (C=O) groups is 2. The van der Waals surface area contributed by atoms with Gasteiger partial charge >= 0.3 is 0 Å². The lowest BCUT2D eigenvalue weighted by Crippen LogP contribution is -2.33. The number of carbonyl (C=O) groups excluding carboxylic acids is 2. The second kappa shape index (κ2) is 7.36. The molecular weight excluding hydrogens is 278 g/mol. The molecule has 22 heavy (non-hydrogen) atoms. The van der Waals surface area contributed by atoms with E-state index >= 15 is 0 Å². The number of benzene rings is 1. The van der Waals surface area contributed by atoms with Crippen molar-refractivity contribution in [1.29, 1.82) is 0 Å². The van der Waals surface area contributed by atoms with Gasteiger partial charge in [0.25, 0.3) is 5.91 Å². The number of rotatable bonds is 5. The maximum Gasteiger partial charge on any atom is 0.253 e. The fourth-order valence-corrected chi connectivity index (χ4v) is 2.01. The molecule has 0 bridgehead atoms. The summed E-state index contributed by atoms with van der Waals surface area (Å²) in [6.45, 7) is 3.79. The van der Waals surface area contributed by atoms with Gasteiger partial charge in [0.15, 0.2) is 0 Å². The Kier molecular flexibility index (Phi) is 5.25. The van der Waals surface area contributed by atoms with Crippen LogP contribution in [0.1, 0.15) is 28.5 Å². The van der Waals surface area contributed by atoms with Crippen LogP contribution in [-0.4, -0.2) is 23.3 Å². The molecule has 5 heteroatoms. The summed E-state index contributed by atoms with van der Waals surface area (Å²) in [5.41, 5.74) is 3.11. The van der Waals surface area contributed by atoms with Gasteiger partial charge in [0, 0.05) is 17.6 Å². The number of pyridine rings is 1. The van der Waals surface area contributed by atoms with Crippen LogP contribution in [0.4, 0.5) is 5.69 Å². The third-order valence-corrected chi connectivity index (χ3v) is 3.26. The monoisotopic (exact) mass is 297 g/mol. The van der Waals surface area contributed by atoms with E-state index in [2.05, 4.69) is 15.6 Å². The molecule has 2 aromatic rings. The molecule has 0 radical (unpaired) electrons. The summed E-state index contributed by atoms with van der Waals surface area (Å²) in [6, 6.07) is 11.1. The highest BCUT2D eigenvalue weighted by molar-refractivity contribution is 5.99. The molecule has 0 saturated heterocycles. The maximum absolute atomic E-state index is 11.9. The summed E-state index contributed by atoms with van der Waals surface area (Å²) >= 11 is 0. The van der Waals surface area contributed by atoms with Gasteiger partial charge < -0.3 is 10.6 Å². The van der Waals surface area contributed by atoms with Crippen LogP contribution in [0.5, 0.6) is 0 Å². The number of nitrogens with one attached hydrogen (secondary N) is 2. The number of nitrogens with zero attached hydrogens (tertiary/aromatic N) is 1. The van der Waals surface area contributed by atoms with Crippen molar-refractivity contribution in [1.82, 2.24) is 10.3 Å². The molecule has 0 aliphatic rings. The van der Waals surface area contributed by atoms with Gasteiger partial charge in [-0.05, 0) is 37.1 Å². The molecule has 0 saturated carbocycles. The average molecular weight is 297 g/mol. The van der Waals surface area contributed by atoms with Crippen molar-refractivity contribution in [2.75, 3.05) is 11.9 Å². The Morgan fingerprint density at radius 2 is 1.91 bits per heavy atom. The van der Waals surface area contributed by atoms with Crippen molar-refractivity contribution in [2.24, 2.45) is 0 Å². The standard InChI is InChI=1S/C17H19N3O2/c1-3-13-6-4-5-7-15(13)20-16(21)11-19-17(22)14-9-8-12(2)18-10-14/h4-10H,3,11H2,1-2H3,(H,19,22)(H,20,21). The van der Waals surface area contributed by atoms with Crippen molar-refractivity contribution in [3.05, 3.63) is 59.4 Å². The maximum atomic E-state index is 11.9. The molecule has 0 aliphatic heterocycles. The summed E-state index contributed by atoms with van der Waals surface area (Å²) < 4.78 is 0. The molecule has 0 aliphatic carbocycles. The lowest BCUT2D eigenvalue weighted by Gasteiger charge is -2.10. The number of hydrogen-bond acceptors (Lipinski definition) is 3. The van der Waals surface area contributed by atoms with Crippen molar-refractivity contribution in [3.8, 4) is 0 Å².